The number of nitrogens with zero attached hydrogens (tertiary/aromatic N) is 2. The standard InChI is InChI=1S/C24H23N5O2/c1-15(2)12-21(30)17-4-3-5-19(13-17)29-24(31)28-18-8-6-16(7-9-18)22-20-10-11-25-23(20)27-14-26-22/h3-11,13-15H,12H2,1-2H3,(H,25,26,27)(H2,28,29,31). The van der Waals surface area contributed by atoms with Crippen LogP contribution in [0.15, 0.2) is 67.1 Å². The molecule has 2 amide bonds. The number of aromatic nitrogens is 3. The Hall–Kier alpha value is -4.00. The lowest BCUT2D eigenvalue weighted by Gasteiger charge is -2.10. The number of amides is 2. The van der Waals surface area contributed by atoms with Crippen molar-refractivity contribution in [3.05, 3.63) is 72.7 Å². The molecular formula is C24H23N5O2. The van der Waals surface area contributed by atoms with Crippen molar-refractivity contribution in [3.8, 4) is 11.3 Å². The Morgan fingerprint density at radius 1 is 0.968 bits per heavy atom. The Morgan fingerprint density at radius 2 is 1.74 bits per heavy atom. The minimum absolute atomic E-state index is 0.0656. The number of anilines is 2. The Balaban J connectivity index is 1.43. The highest BCUT2D eigenvalue weighted by Gasteiger charge is 2.11. The lowest BCUT2D eigenvalue weighted by molar-refractivity contribution is 0.0968. The molecule has 0 spiro atoms. The number of hydrogen-bond donors (Lipinski definition) is 3. The van der Waals surface area contributed by atoms with Crippen molar-refractivity contribution in [2.75, 3.05) is 10.6 Å². The van der Waals surface area contributed by atoms with E-state index in [0.717, 1.165) is 22.3 Å². The second kappa shape index (κ2) is 8.79. The van der Waals surface area contributed by atoms with Gasteiger partial charge in [-0.2, -0.15) is 0 Å². The summed E-state index contributed by atoms with van der Waals surface area (Å²) in [4.78, 5) is 36.3. The maximum absolute atomic E-state index is 12.4. The lowest BCUT2D eigenvalue weighted by atomic mass is 10.0. The minimum Gasteiger partial charge on any atom is -0.346 e. The summed E-state index contributed by atoms with van der Waals surface area (Å²) >= 11 is 0. The number of fused-ring (bicyclic) bond motifs is 1. The van der Waals surface area contributed by atoms with Crippen molar-refractivity contribution in [3.63, 3.8) is 0 Å². The molecule has 0 aliphatic carbocycles. The molecule has 2 aromatic carbocycles. The summed E-state index contributed by atoms with van der Waals surface area (Å²) < 4.78 is 0. The lowest BCUT2D eigenvalue weighted by Crippen LogP contribution is -2.19. The summed E-state index contributed by atoms with van der Waals surface area (Å²) in [6, 6.07) is 16.0. The van der Waals surface area contributed by atoms with Crippen LogP contribution in [0, 0.1) is 5.92 Å². The summed E-state index contributed by atoms with van der Waals surface area (Å²) in [6.45, 7) is 4.01. The fraction of sp³-hybridized carbons (Fsp3) is 0.167. The highest BCUT2D eigenvalue weighted by atomic mass is 16.2. The second-order valence-electron chi connectivity index (χ2n) is 7.72. The van der Waals surface area contributed by atoms with Crippen LogP contribution in [-0.4, -0.2) is 26.8 Å². The molecule has 0 saturated heterocycles. The zero-order valence-electron chi connectivity index (χ0n) is 17.3. The first-order chi connectivity index (χ1) is 15.0. The number of H-pyrrole nitrogens is 1. The highest BCUT2D eigenvalue weighted by Crippen LogP contribution is 2.26. The van der Waals surface area contributed by atoms with Gasteiger partial charge in [0, 0.05) is 40.5 Å². The smallest absolute Gasteiger partial charge is 0.323 e. The molecule has 0 radical (unpaired) electrons. The summed E-state index contributed by atoms with van der Waals surface area (Å²) in [5, 5.41) is 6.53. The number of ketones is 1. The van der Waals surface area contributed by atoms with E-state index < -0.39 is 0 Å². The molecule has 7 heteroatoms. The highest BCUT2D eigenvalue weighted by molar-refractivity contribution is 6.02. The average molecular weight is 413 g/mol. The summed E-state index contributed by atoms with van der Waals surface area (Å²) in [5.74, 6) is 0.349. The van der Waals surface area contributed by atoms with Gasteiger partial charge in [0.05, 0.1) is 5.69 Å². The Kier molecular flexibility index (Phi) is 5.75. The first-order valence-corrected chi connectivity index (χ1v) is 10.1. The van der Waals surface area contributed by atoms with E-state index in [-0.39, 0.29) is 17.7 Å². The number of carbonyl (C=O) groups excluding carboxylic acids is 2. The second-order valence-corrected chi connectivity index (χ2v) is 7.72. The topological polar surface area (TPSA) is 99.8 Å². The van der Waals surface area contributed by atoms with Gasteiger partial charge in [0.25, 0.3) is 0 Å². The Morgan fingerprint density at radius 3 is 2.52 bits per heavy atom. The molecule has 31 heavy (non-hydrogen) atoms. The van der Waals surface area contributed by atoms with Crippen LogP contribution in [0.1, 0.15) is 30.6 Å². The molecule has 0 aliphatic heterocycles. The molecule has 0 unspecified atom stereocenters. The molecule has 0 fully saturated rings. The molecule has 4 aromatic rings. The van der Waals surface area contributed by atoms with Gasteiger partial charge < -0.3 is 15.6 Å². The summed E-state index contributed by atoms with van der Waals surface area (Å²) in [5.41, 5.74) is 4.34. The van der Waals surface area contributed by atoms with Gasteiger partial charge in [-0.3, -0.25) is 4.79 Å². The first kappa shape index (κ1) is 20.3. The van der Waals surface area contributed by atoms with E-state index in [1.165, 1.54) is 6.33 Å². The van der Waals surface area contributed by atoms with Gasteiger partial charge in [-0.25, -0.2) is 14.8 Å². The van der Waals surface area contributed by atoms with Crippen LogP contribution in [0.4, 0.5) is 16.2 Å². The van der Waals surface area contributed by atoms with E-state index in [4.69, 9.17) is 0 Å². The molecule has 2 heterocycles. The van der Waals surface area contributed by atoms with Gasteiger partial charge in [0.1, 0.15) is 12.0 Å². The van der Waals surface area contributed by atoms with E-state index in [2.05, 4.69) is 25.6 Å². The minimum atomic E-state index is -0.378. The first-order valence-electron chi connectivity index (χ1n) is 10.1. The molecule has 3 N–H and O–H groups in total. The average Bonchev–Trinajstić information content (AvgIpc) is 3.23. The van der Waals surface area contributed by atoms with Gasteiger partial charge in [-0.15, -0.1) is 0 Å². The maximum atomic E-state index is 12.4. The van der Waals surface area contributed by atoms with Crippen LogP contribution in [0.3, 0.4) is 0 Å². The SMILES string of the molecule is CC(C)CC(=O)c1cccc(NC(=O)Nc2ccc(-c3ncnc4[nH]ccc34)cc2)c1. The fourth-order valence-corrected chi connectivity index (χ4v) is 3.37. The molecule has 0 aliphatic rings. The van der Waals surface area contributed by atoms with Crippen molar-refractivity contribution in [2.24, 2.45) is 5.92 Å². The number of benzene rings is 2. The zero-order chi connectivity index (χ0) is 21.8. The van der Waals surface area contributed by atoms with Gasteiger partial charge in [-0.05, 0) is 36.2 Å². The van der Waals surface area contributed by atoms with Crippen molar-refractivity contribution < 1.29 is 9.59 Å². The molecule has 0 saturated carbocycles. The number of nitrogens with one attached hydrogen (secondary N) is 3. The molecule has 0 atom stereocenters. The van der Waals surface area contributed by atoms with Crippen molar-refractivity contribution in [2.45, 2.75) is 20.3 Å². The number of urea groups is 1. The third-order valence-electron chi connectivity index (χ3n) is 4.81. The number of Topliss-reactive ketones (excluding diaryl/α,β-unsaturated/α-hetero) is 1. The molecule has 156 valence electrons. The Bertz CT molecular complexity index is 1230. The third-order valence-corrected chi connectivity index (χ3v) is 4.81. The van der Waals surface area contributed by atoms with E-state index in [1.807, 2.05) is 50.4 Å². The van der Waals surface area contributed by atoms with Crippen LogP contribution in [0.25, 0.3) is 22.3 Å². The van der Waals surface area contributed by atoms with Crippen LogP contribution in [0.5, 0.6) is 0 Å². The molecule has 4 rings (SSSR count). The van der Waals surface area contributed by atoms with E-state index in [1.54, 1.807) is 24.3 Å². The van der Waals surface area contributed by atoms with Crippen LogP contribution in [-0.2, 0) is 0 Å². The van der Waals surface area contributed by atoms with Crippen LogP contribution in [0.2, 0.25) is 0 Å². The van der Waals surface area contributed by atoms with Crippen molar-refractivity contribution in [1.29, 1.82) is 0 Å². The van der Waals surface area contributed by atoms with Crippen molar-refractivity contribution in [1.82, 2.24) is 15.0 Å². The van der Waals surface area contributed by atoms with E-state index in [9.17, 15) is 9.59 Å². The number of carbonyl (C=O) groups is 2. The maximum Gasteiger partial charge on any atom is 0.323 e. The summed E-state index contributed by atoms with van der Waals surface area (Å²) in [7, 11) is 0. The molecule has 7 nitrogen and oxygen atoms in total. The zero-order valence-corrected chi connectivity index (χ0v) is 17.3. The number of rotatable bonds is 6. The van der Waals surface area contributed by atoms with E-state index in [0.29, 0.717) is 23.4 Å². The molecular weight excluding hydrogens is 390 g/mol. The predicted octanol–water partition coefficient (Wildman–Crippen LogP) is 5.50. The van der Waals surface area contributed by atoms with Gasteiger partial charge >= 0.3 is 6.03 Å². The number of hydrogen-bond acceptors (Lipinski definition) is 4. The van der Waals surface area contributed by atoms with Gasteiger partial charge in [0.2, 0.25) is 0 Å². The fourth-order valence-electron chi connectivity index (χ4n) is 3.37. The predicted molar refractivity (Wildman–Crippen MR) is 122 cm³/mol. The quantitative estimate of drug-likeness (QED) is 0.364. The van der Waals surface area contributed by atoms with Gasteiger partial charge in [-0.1, -0.05) is 38.1 Å². The summed E-state index contributed by atoms with van der Waals surface area (Å²) in [6.07, 6.45) is 3.83. The van der Waals surface area contributed by atoms with E-state index >= 15 is 0 Å². The number of aromatic amines is 1. The largest absolute Gasteiger partial charge is 0.346 e. The normalized spacial score (nSPS) is 10.9. The van der Waals surface area contributed by atoms with Crippen molar-refractivity contribution >= 4 is 34.2 Å². The van der Waals surface area contributed by atoms with Gasteiger partial charge in [0.15, 0.2) is 5.78 Å². The van der Waals surface area contributed by atoms with Crippen LogP contribution < -0.4 is 10.6 Å². The molecule has 2 aromatic heterocycles. The third kappa shape index (κ3) is 4.78. The van der Waals surface area contributed by atoms with Crippen LogP contribution >= 0.6 is 0 Å². The monoisotopic (exact) mass is 413 g/mol. The molecule has 0 bridgehead atoms. The Labute approximate surface area is 179 Å².